The quantitative estimate of drug-likeness (QED) is 0.470. The van der Waals surface area contributed by atoms with E-state index >= 15 is 0 Å². The van der Waals surface area contributed by atoms with Crippen LogP contribution in [0.1, 0.15) is 67.1 Å². The predicted octanol–water partition coefficient (Wildman–Crippen LogP) is 6.19. The number of ether oxygens (including phenoxy) is 2. The van der Waals surface area contributed by atoms with Crippen molar-refractivity contribution in [3.05, 3.63) is 52.6 Å². The van der Waals surface area contributed by atoms with Crippen molar-refractivity contribution in [1.82, 2.24) is 0 Å². The van der Waals surface area contributed by atoms with E-state index in [1.54, 1.807) is 16.7 Å². The van der Waals surface area contributed by atoms with Gasteiger partial charge in [-0.25, -0.2) is 4.79 Å². The average molecular weight is 453 g/mol. The zero-order valence-electron chi connectivity index (χ0n) is 20.7. The fraction of sp³-hybridized carbons (Fsp3) is 0.481. The van der Waals surface area contributed by atoms with E-state index in [0.717, 1.165) is 46.7 Å². The van der Waals surface area contributed by atoms with Crippen LogP contribution < -0.4 is 14.5 Å². The molecule has 0 aliphatic carbocycles. The average Bonchev–Trinajstić information content (AvgIpc) is 2.80. The number of carbonyl (C=O) groups is 2. The largest absolute Gasteiger partial charge is 0.493 e. The minimum atomic E-state index is -0.372. The number of amides is 2. The maximum absolute atomic E-state index is 13.8. The Morgan fingerprint density at radius 3 is 2.30 bits per heavy atom. The van der Waals surface area contributed by atoms with Crippen molar-refractivity contribution in [1.29, 1.82) is 0 Å². The molecule has 2 amide bonds. The van der Waals surface area contributed by atoms with Crippen LogP contribution in [0.3, 0.4) is 0 Å². The van der Waals surface area contributed by atoms with Crippen LogP contribution in [-0.2, 0) is 4.74 Å². The number of rotatable bonds is 7. The molecule has 0 aromatic heterocycles. The number of carbonyl (C=O) groups excluding carboxylic acids is 2. The van der Waals surface area contributed by atoms with Crippen molar-refractivity contribution in [2.75, 3.05) is 29.6 Å². The lowest BCUT2D eigenvalue weighted by atomic mass is 9.99. The fourth-order valence-electron chi connectivity index (χ4n) is 4.10. The number of hydrogen-bond donors (Lipinski definition) is 0. The third-order valence-corrected chi connectivity index (χ3v) is 6.27. The van der Waals surface area contributed by atoms with Gasteiger partial charge in [-0.3, -0.25) is 9.69 Å². The molecular formula is C27H36N2O4. The molecule has 1 atom stereocenters. The van der Waals surface area contributed by atoms with Gasteiger partial charge in [0.1, 0.15) is 5.75 Å². The Morgan fingerprint density at radius 2 is 1.67 bits per heavy atom. The van der Waals surface area contributed by atoms with Gasteiger partial charge in [-0.1, -0.05) is 26.3 Å². The van der Waals surface area contributed by atoms with E-state index in [1.165, 1.54) is 0 Å². The number of benzene rings is 2. The molecule has 2 aromatic rings. The van der Waals surface area contributed by atoms with Gasteiger partial charge in [0.15, 0.2) is 0 Å². The fourth-order valence-corrected chi connectivity index (χ4v) is 4.10. The maximum atomic E-state index is 13.8. The molecule has 1 aliphatic rings. The van der Waals surface area contributed by atoms with Crippen LogP contribution >= 0.6 is 0 Å². The Hall–Kier alpha value is -3.02. The molecule has 6 nitrogen and oxygen atoms in total. The van der Waals surface area contributed by atoms with E-state index in [2.05, 4.69) is 6.92 Å². The Bertz CT molecular complexity index is 1020. The lowest BCUT2D eigenvalue weighted by Crippen LogP contribution is -2.53. The van der Waals surface area contributed by atoms with Crippen molar-refractivity contribution >= 4 is 23.4 Å². The molecule has 0 saturated heterocycles. The first kappa shape index (κ1) is 24.6. The third kappa shape index (κ3) is 5.15. The smallest absolute Gasteiger partial charge is 0.414 e. The van der Waals surface area contributed by atoms with Gasteiger partial charge in [-0.2, -0.15) is 0 Å². The normalized spacial score (nSPS) is 15.3. The van der Waals surface area contributed by atoms with Crippen LogP contribution in [0.5, 0.6) is 5.75 Å². The molecule has 3 rings (SSSR count). The number of nitrogens with zero attached hydrogens (tertiary/aromatic N) is 2. The zero-order valence-corrected chi connectivity index (χ0v) is 20.7. The molecule has 0 spiro atoms. The van der Waals surface area contributed by atoms with Crippen molar-refractivity contribution in [2.24, 2.45) is 0 Å². The van der Waals surface area contributed by atoms with Gasteiger partial charge in [0.25, 0.3) is 5.91 Å². The summed E-state index contributed by atoms with van der Waals surface area (Å²) in [7, 11) is 0. The first-order valence-corrected chi connectivity index (χ1v) is 11.9. The summed E-state index contributed by atoms with van der Waals surface area (Å²) in [6.07, 6.45) is 2.35. The van der Waals surface area contributed by atoms with Gasteiger partial charge in [0.2, 0.25) is 0 Å². The van der Waals surface area contributed by atoms with Crippen LogP contribution in [0, 0.1) is 20.8 Å². The second kappa shape index (κ2) is 10.7. The lowest BCUT2D eigenvalue weighted by molar-refractivity contribution is 0.0981. The summed E-state index contributed by atoms with van der Waals surface area (Å²) in [5.41, 5.74) is 5.17. The van der Waals surface area contributed by atoms with Crippen molar-refractivity contribution in [3.8, 4) is 5.75 Å². The number of aryl methyl sites for hydroxylation is 3. The Morgan fingerprint density at radius 1 is 0.970 bits per heavy atom. The summed E-state index contributed by atoms with van der Waals surface area (Å²) in [6, 6.07) is 9.43. The second-order valence-corrected chi connectivity index (χ2v) is 8.65. The number of fused-ring (bicyclic) bond motifs is 1. The summed E-state index contributed by atoms with van der Waals surface area (Å²) in [5, 5.41) is 0. The van der Waals surface area contributed by atoms with E-state index < -0.39 is 0 Å². The molecule has 2 aromatic carbocycles. The Balaban J connectivity index is 2.03. The Kier molecular flexibility index (Phi) is 8.01. The maximum Gasteiger partial charge on any atom is 0.414 e. The molecule has 0 radical (unpaired) electrons. The monoisotopic (exact) mass is 452 g/mol. The number of hydrogen-bond acceptors (Lipinski definition) is 4. The molecule has 0 saturated carbocycles. The highest BCUT2D eigenvalue weighted by Gasteiger charge is 2.37. The summed E-state index contributed by atoms with van der Waals surface area (Å²) in [6.45, 7) is 13.3. The molecule has 1 aliphatic heterocycles. The van der Waals surface area contributed by atoms with Crippen LogP contribution in [0.2, 0.25) is 0 Å². The Labute approximate surface area is 197 Å². The van der Waals surface area contributed by atoms with Crippen molar-refractivity contribution in [3.63, 3.8) is 0 Å². The second-order valence-electron chi connectivity index (χ2n) is 8.65. The van der Waals surface area contributed by atoms with Crippen molar-refractivity contribution in [2.45, 2.75) is 66.8 Å². The molecule has 0 bridgehead atoms. The van der Waals surface area contributed by atoms with Gasteiger partial charge < -0.3 is 14.4 Å². The molecule has 33 heavy (non-hydrogen) atoms. The van der Waals surface area contributed by atoms with Crippen LogP contribution in [0.4, 0.5) is 16.2 Å². The van der Waals surface area contributed by atoms with Crippen LogP contribution in [-0.4, -0.2) is 37.8 Å². The highest BCUT2D eigenvalue weighted by Crippen LogP contribution is 2.40. The topological polar surface area (TPSA) is 59.1 Å². The minimum Gasteiger partial charge on any atom is -0.493 e. The highest BCUT2D eigenvalue weighted by molar-refractivity contribution is 6.10. The standard InChI is InChI=1S/C27H36N2O4/c1-7-10-13-33-25-16-21(12-11-18(25)4)26(30)28-17-22(8-2)29(27(31)32-9-3)24-15-20(6)19(5)14-23(24)28/h11-12,14-16,22H,7-10,13,17H2,1-6H3. The summed E-state index contributed by atoms with van der Waals surface area (Å²) < 4.78 is 11.3. The summed E-state index contributed by atoms with van der Waals surface area (Å²) >= 11 is 0. The van der Waals surface area contributed by atoms with Crippen molar-refractivity contribution < 1.29 is 19.1 Å². The molecular weight excluding hydrogens is 416 g/mol. The predicted molar refractivity (Wildman–Crippen MR) is 133 cm³/mol. The van der Waals surface area contributed by atoms with E-state index in [4.69, 9.17) is 9.47 Å². The molecule has 0 fully saturated rings. The van der Waals surface area contributed by atoms with E-state index in [1.807, 2.05) is 58.0 Å². The molecule has 1 heterocycles. The van der Waals surface area contributed by atoms with Gasteiger partial charge in [-0.05, 0) is 81.5 Å². The van der Waals surface area contributed by atoms with Gasteiger partial charge in [0, 0.05) is 12.1 Å². The molecule has 0 N–H and O–H groups in total. The highest BCUT2D eigenvalue weighted by atomic mass is 16.6. The molecule has 6 heteroatoms. The van der Waals surface area contributed by atoms with Crippen LogP contribution in [0.25, 0.3) is 0 Å². The lowest BCUT2D eigenvalue weighted by Gasteiger charge is -2.42. The molecule has 178 valence electrons. The SMILES string of the molecule is CCCCOc1cc(C(=O)N2CC(CC)N(C(=O)OCC)c3cc(C)c(C)cc32)ccc1C. The van der Waals surface area contributed by atoms with E-state index in [-0.39, 0.29) is 18.0 Å². The first-order chi connectivity index (χ1) is 15.8. The van der Waals surface area contributed by atoms with Gasteiger partial charge in [-0.15, -0.1) is 0 Å². The minimum absolute atomic E-state index is 0.0956. The van der Waals surface area contributed by atoms with Crippen LogP contribution in [0.15, 0.2) is 30.3 Å². The zero-order chi connectivity index (χ0) is 24.1. The van der Waals surface area contributed by atoms with E-state index in [0.29, 0.717) is 31.7 Å². The number of anilines is 2. The summed E-state index contributed by atoms with van der Waals surface area (Å²) in [4.78, 5) is 30.1. The summed E-state index contributed by atoms with van der Waals surface area (Å²) in [5.74, 6) is 0.647. The third-order valence-electron chi connectivity index (χ3n) is 6.27. The number of unbranched alkanes of at least 4 members (excludes halogenated alkanes) is 1. The van der Waals surface area contributed by atoms with Gasteiger partial charge in [0.05, 0.1) is 30.6 Å². The first-order valence-electron chi connectivity index (χ1n) is 11.9. The molecule has 1 unspecified atom stereocenters. The van der Waals surface area contributed by atoms with E-state index in [9.17, 15) is 9.59 Å². The van der Waals surface area contributed by atoms with Gasteiger partial charge >= 0.3 is 6.09 Å².